The zero-order valence-electron chi connectivity index (χ0n) is 26.4. The molecule has 43 heavy (non-hydrogen) atoms. The highest BCUT2D eigenvalue weighted by atomic mass is 28.4. The standard InChI is InChI=1S/C37H45NO4Si/c1-26-34(32(42-43(5,6)36(2,3)4)14-10-13-27-11-8-7-9-12-27)35(41-38-26)30-17-15-28(16-18-30)29-19-21-31(22-20-29)37(23-24-37)25-33(39)40/h7-9,11-12,15-22,32H,10,13-14,23-25H2,1-6H3,(H,39,40). The SMILES string of the molecule is Cc1noc(-c2ccc(-c3ccc(C4(CC(=O)O)CC4)cc3)cc2)c1C(CCCc1ccccc1)O[Si](C)(C)C(C)(C)C. The molecule has 1 unspecified atom stereocenters. The molecule has 226 valence electrons. The van der Waals surface area contributed by atoms with E-state index < -0.39 is 14.3 Å². The number of hydrogen-bond acceptors (Lipinski definition) is 4. The van der Waals surface area contributed by atoms with Crippen LogP contribution in [0.1, 0.15) is 81.4 Å². The lowest BCUT2D eigenvalue weighted by Crippen LogP contribution is -2.42. The summed E-state index contributed by atoms with van der Waals surface area (Å²) in [6.45, 7) is 13.5. The van der Waals surface area contributed by atoms with E-state index in [1.807, 2.05) is 6.92 Å². The van der Waals surface area contributed by atoms with Crippen LogP contribution in [-0.4, -0.2) is 24.5 Å². The van der Waals surface area contributed by atoms with Crippen molar-refractivity contribution in [2.75, 3.05) is 0 Å². The van der Waals surface area contributed by atoms with Gasteiger partial charge in [0, 0.05) is 11.0 Å². The fourth-order valence-electron chi connectivity index (χ4n) is 5.73. The van der Waals surface area contributed by atoms with Crippen LogP contribution in [-0.2, 0) is 21.1 Å². The summed E-state index contributed by atoms with van der Waals surface area (Å²) in [5.41, 5.74) is 7.42. The van der Waals surface area contributed by atoms with Crippen LogP contribution in [0.3, 0.4) is 0 Å². The molecule has 0 bridgehead atoms. The minimum absolute atomic E-state index is 0.0832. The molecular formula is C37H45NO4Si. The van der Waals surface area contributed by atoms with Gasteiger partial charge in [-0.25, -0.2) is 0 Å². The van der Waals surface area contributed by atoms with Gasteiger partial charge in [-0.2, -0.15) is 0 Å². The van der Waals surface area contributed by atoms with E-state index in [9.17, 15) is 9.90 Å². The Balaban J connectivity index is 1.39. The zero-order chi connectivity index (χ0) is 30.8. The van der Waals surface area contributed by atoms with Crippen molar-refractivity contribution in [3.63, 3.8) is 0 Å². The molecule has 1 aliphatic rings. The molecule has 1 aromatic heterocycles. The topological polar surface area (TPSA) is 72.6 Å². The van der Waals surface area contributed by atoms with E-state index in [2.05, 4.69) is 118 Å². The molecule has 1 saturated carbocycles. The summed E-state index contributed by atoms with van der Waals surface area (Å²) in [6.07, 6.45) is 4.89. The predicted octanol–water partition coefficient (Wildman–Crippen LogP) is 9.91. The van der Waals surface area contributed by atoms with Crippen molar-refractivity contribution in [2.45, 2.75) is 95.9 Å². The lowest BCUT2D eigenvalue weighted by molar-refractivity contribution is -0.137. The van der Waals surface area contributed by atoms with Crippen LogP contribution in [0.5, 0.6) is 0 Å². The summed E-state index contributed by atoms with van der Waals surface area (Å²) in [7, 11) is -2.08. The van der Waals surface area contributed by atoms with Gasteiger partial charge in [0.2, 0.25) is 0 Å². The molecule has 5 rings (SSSR count). The molecule has 6 heteroatoms. The van der Waals surface area contributed by atoms with Gasteiger partial charge in [0.05, 0.1) is 23.8 Å². The first-order chi connectivity index (χ1) is 20.4. The van der Waals surface area contributed by atoms with Gasteiger partial charge in [0.15, 0.2) is 14.1 Å². The first kappa shape index (κ1) is 31.0. The van der Waals surface area contributed by atoms with Gasteiger partial charge in [-0.05, 0) is 79.4 Å². The van der Waals surface area contributed by atoms with E-state index in [0.29, 0.717) is 0 Å². The molecule has 0 amide bonds. The molecule has 0 aliphatic heterocycles. The lowest BCUT2D eigenvalue weighted by atomic mass is 9.90. The number of aliphatic carboxylic acids is 1. The van der Waals surface area contributed by atoms with Gasteiger partial charge in [0.1, 0.15) is 0 Å². The van der Waals surface area contributed by atoms with Crippen LogP contribution < -0.4 is 0 Å². The summed E-state index contributed by atoms with van der Waals surface area (Å²) in [6, 6.07) is 27.5. The Labute approximate surface area is 257 Å². The van der Waals surface area contributed by atoms with Crippen molar-refractivity contribution in [1.82, 2.24) is 5.16 Å². The van der Waals surface area contributed by atoms with E-state index in [1.165, 1.54) is 5.56 Å². The second-order valence-corrected chi connectivity index (χ2v) is 18.5. The Morgan fingerprint density at radius 1 is 0.953 bits per heavy atom. The van der Waals surface area contributed by atoms with E-state index >= 15 is 0 Å². The maximum absolute atomic E-state index is 11.3. The Kier molecular flexibility index (Phi) is 8.82. The van der Waals surface area contributed by atoms with E-state index in [0.717, 1.165) is 71.4 Å². The van der Waals surface area contributed by atoms with Crippen molar-refractivity contribution < 1.29 is 18.9 Å². The molecule has 1 heterocycles. The second kappa shape index (κ2) is 12.3. The van der Waals surface area contributed by atoms with Crippen molar-refractivity contribution in [3.8, 4) is 22.5 Å². The number of carboxylic acid groups (broad SMARTS) is 1. The Morgan fingerprint density at radius 3 is 2.09 bits per heavy atom. The molecule has 5 nitrogen and oxygen atoms in total. The molecule has 3 aromatic carbocycles. The fraction of sp³-hybridized carbons (Fsp3) is 0.405. The smallest absolute Gasteiger partial charge is 0.304 e. The molecular weight excluding hydrogens is 550 g/mol. The van der Waals surface area contributed by atoms with Crippen LogP contribution in [0.4, 0.5) is 0 Å². The van der Waals surface area contributed by atoms with Crippen molar-refractivity contribution >= 4 is 14.3 Å². The number of rotatable bonds is 12. The summed E-state index contributed by atoms with van der Waals surface area (Å²) < 4.78 is 13.1. The van der Waals surface area contributed by atoms with E-state index in [-0.39, 0.29) is 23.0 Å². The van der Waals surface area contributed by atoms with Crippen molar-refractivity contribution in [1.29, 1.82) is 0 Å². The minimum atomic E-state index is -2.08. The van der Waals surface area contributed by atoms with Gasteiger partial charge >= 0.3 is 5.97 Å². The third-order valence-electron chi connectivity index (χ3n) is 9.57. The molecule has 0 spiro atoms. The second-order valence-electron chi connectivity index (χ2n) is 13.8. The summed E-state index contributed by atoms with van der Waals surface area (Å²) in [5.74, 6) is 0.0551. The average molecular weight is 596 g/mol. The quantitative estimate of drug-likeness (QED) is 0.165. The number of carboxylic acids is 1. The first-order valence-electron chi connectivity index (χ1n) is 15.5. The van der Waals surface area contributed by atoms with Gasteiger partial charge in [0.25, 0.3) is 0 Å². The van der Waals surface area contributed by atoms with Crippen LogP contribution in [0.2, 0.25) is 18.1 Å². The number of hydrogen-bond donors (Lipinski definition) is 1. The fourth-order valence-corrected chi connectivity index (χ4v) is 7.03. The van der Waals surface area contributed by atoms with E-state index in [1.54, 1.807) is 0 Å². The van der Waals surface area contributed by atoms with Crippen LogP contribution in [0, 0.1) is 6.92 Å². The van der Waals surface area contributed by atoms with Crippen molar-refractivity contribution in [2.24, 2.45) is 0 Å². The summed E-state index contributed by atoms with van der Waals surface area (Å²) in [4.78, 5) is 11.3. The number of aromatic nitrogens is 1. The minimum Gasteiger partial charge on any atom is -0.481 e. The molecule has 1 N–H and O–H groups in total. The van der Waals surface area contributed by atoms with Crippen LogP contribution in [0.25, 0.3) is 22.5 Å². The average Bonchev–Trinajstić information content (AvgIpc) is 3.64. The normalized spacial score (nSPS) is 15.3. The zero-order valence-corrected chi connectivity index (χ0v) is 27.4. The molecule has 1 aliphatic carbocycles. The Hall–Kier alpha value is -3.48. The van der Waals surface area contributed by atoms with Crippen LogP contribution >= 0.6 is 0 Å². The number of nitrogens with zero attached hydrogens (tertiary/aromatic N) is 1. The highest BCUT2D eigenvalue weighted by Gasteiger charge is 2.46. The molecule has 1 atom stereocenters. The lowest BCUT2D eigenvalue weighted by Gasteiger charge is -2.39. The molecule has 1 fully saturated rings. The van der Waals surface area contributed by atoms with Gasteiger partial charge in [-0.1, -0.05) is 105 Å². The summed E-state index contributed by atoms with van der Waals surface area (Å²) >= 11 is 0. The molecule has 0 saturated heterocycles. The van der Waals surface area contributed by atoms with Crippen LogP contribution in [0.15, 0.2) is 83.4 Å². The third kappa shape index (κ3) is 7.02. The van der Waals surface area contributed by atoms with Gasteiger partial charge in [-0.15, -0.1) is 0 Å². The number of benzene rings is 3. The highest BCUT2D eigenvalue weighted by Crippen LogP contribution is 2.51. The van der Waals surface area contributed by atoms with E-state index in [4.69, 9.17) is 8.95 Å². The van der Waals surface area contributed by atoms with Crippen molar-refractivity contribution in [3.05, 3.63) is 101 Å². The molecule has 4 aromatic rings. The first-order valence-corrected chi connectivity index (χ1v) is 18.4. The highest BCUT2D eigenvalue weighted by molar-refractivity contribution is 6.74. The maximum Gasteiger partial charge on any atom is 0.304 e. The predicted molar refractivity (Wildman–Crippen MR) is 176 cm³/mol. The van der Waals surface area contributed by atoms with Gasteiger partial charge in [-0.3, -0.25) is 4.79 Å². The summed E-state index contributed by atoms with van der Waals surface area (Å²) in [5, 5.41) is 13.8. The number of aryl methyl sites for hydroxylation is 2. The third-order valence-corrected chi connectivity index (χ3v) is 14.1. The monoisotopic (exact) mass is 595 g/mol. The Bertz CT molecular complexity index is 1530. The number of carbonyl (C=O) groups is 1. The van der Waals surface area contributed by atoms with Gasteiger partial charge < -0.3 is 14.1 Å². The maximum atomic E-state index is 11.3. The Morgan fingerprint density at radius 2 is 1.53 bits per heavy atom. The molecule has 0 radical (unpaired) electrons. The largest absolute Gasteiger partial charge is 0.481 e.